The van der Waals surface area contributed by atoms with Crippen molar-refractivity contribution in [1.29, 1.82) is 0 Å². The number of aryl methyl sites for hydroxylation is 2. The molecule has 8 nitrogen and oxygen atoms in total. The summed E-state index contributed by atoms with van der Waals surface area (Å²) in [6.45, 7) is 3.89. The van der Waals surface area contributed by atoms with E-state index in [2.05, 4.69) is 9.73 Å². The molecule has 1 heterocycles. The van der Waals surface area contributed by atoms with Crippen LogP contribution in [-0.2, 0) is 23.6 Å². The van der Waals surface area contributed by atoms with Gasteiger partial charge in [-0.15, -0.1) is 0 Å². The molecular weight excluding hydrogens is 370 g/mol. The van der Waals surface area contributed by atoms with Crippen LogP contribution in [-0.4, -0.2) is 38.1 Å². The van der Waals surface area contributed by atoms with Crippen molar-refractivity contribution in [2.24, 2.45) is 19.1 Å². The van der Waals surface area contributed by atoms with E-state index in [1.807, 2.05) is 26.0 Å². The molecule has 0 bridgehead atoms. The van der Waals surface area contributed by atoms with Gasteiger partial charge in [-0.2, -0.15) is 0 Å². The maximum atomic E-state index is 12.6. The van der Waals surface area contributed by atoms with Gasteiger partial charge in [0.2, 0.25) is 5.88 Å². The van der Waals surface area contributed by atoms with Gasteiger partial charge in [0, 0.05) is 14.1 Å². The Morgan fingerprint density at radius 3 is 2.44 bits per heavy atom. The summed E-state index contributed by atoms with van der Waals surface area (Å²) < 4.78 is 6.46. The van der Waals surface area contributed by atoms with Gasteiger partial charge in [0.15, 0.2) is 0 Å². The fraction of sp³-hybridized carbons (Fsp3) is 0.333. The maximum Gasteiger partial charge on any atom is 0.333 e. The van der Waals surface area contributed by atoms with Crippen molar-refractivity contribution in [1.82, 2.24) is 9.13 Å². The minimum Gasteiger partial charge on any atom is -0.494 e. The highest BCUT2D eigenvalue weighted by atomic mass is 32.2. The first kappa shape index (κ1) is 20.5. The minimum atomic E-state index is -0.699. The number of hydrogen-bond acceptors (Lipinski definition) is 7. The number of aromatic nitrogens is 2. The second kappa shape index (κ2) is 8.26. The molecule has 0 saturated carbocycles. The quantitative estimate of drug-likeness (QED) is 0.480. The van der Waals surface area contributed by atoms with Gasteiger partial charge in [0.05, 0.1) is 18.6 Å². The molecule has 0 aliphatic rings. The Kier molecular flexibility index (Phi) is 6.27. The number of esters is 1. The number of nitrogens with zero attached hydrogens (tertiary/aromatic N) is 3. The summed E-state index contributed by atoms with van der Waals surface area (Å²) in [4.78, 5) is 40.6. The van der Waals surface area contributed by atoms with E-state index in [-0.39, 0.29) is 16.4 Å². The van der Waals surface area contributed by atoms with Gasteiger partial charge < -0.3 is 9.84 Å². The van der Waals surface area contributed by atoms with Gasteiger partial charge in [-0.3, -0.25) is 18.7 Å². The van der Waals surface area contributed by atoms with E-state index >= 15 is 0 Å². The molecule has 2 aromatic rings. The monoisotopic (exact) mass is 391 g/mol. The molecule has 0 unspecified atom stereocenters. The lowest BCUT2D eigenvalue weighted by Gasteiger charge is -2.12. The van der Waals surface area contributed by atoms with Crippen molar-refractivity contribution in [3.05, 3.63) is 55.7 Å². The number of thioether (sulfide) groups is 1. The van der Waals surface area contributed by atoms with Gasteiger partial charge in [-0.25, -0.2) is 9.79 Å². The first-order chi connectivity index (χ1) is 12.7. The van der Waals surface area contributed by atoms with Crippen LogP contribution in [0.1, 0.15) is 16.7 Å². The summed E-state index contributed by atoms with van der Waals surface area (Å²) in [6, 6.07) is 5.48. The lowest BCUT2D eigenvalue weighted by Crippen LogP contribution is -2.39. The largest absolute Gasteiger partial charge is 0.494 e. The zero-order valence-corrected chi connectivity index (χ0v) is 16.6. The summed E-state index contributed by atoms with van der Waals surface area (Å²) in [5.74, 6) is -1.12. The van der Waals surface area contributed by atoms with Crippen molar-refractivity contribution < 1.29 is 14.6 Å². The van der Waals surface area contributed by atoms with Crippen LogP contribution < -0.4 is 11.2 Å². The van der Waals surface area contributed by atoms with E-state index in [1.165, 1.54) is 21.2 Å². The molecule has 0 amide bonds. The van der Waals surface area contributed by atoms with Crippen LogP contribution in [0.4, 0.5) is 5.69 Å². The maximum absolute atomic E-state index is 12.6. The molecule has 0 aliphatic carbocycles. The van der Waals surface area contributed by atoms with Crippen LogP contribution in [0.25, 0.3) is 0 Å². The first-order valence-corrected chi connectivity index (χ1v) is 9.00. The standard InChI is InChI=1S/C18H21N3O5S/c1-10-6-7-12(8-11(10)2)19-15(27-9-13(22)26-5)14-16(23)20(3)18(25)21(4)17(14)24/h6-8,23H,9H2,1-5H3. The van der Waals surface area contributed by atoms with E-state index in [9.17, 15) is 19.5 Å². The van der Waals surface area contributed by atoms with E-state index in [0.717, 1.165) is 32.0 Å². The van der Waals surface area contributed by atoms with Crippen LogP contribution in [0.3, 0.4) is 0 Å². The van der Waals surface area contributed by atoms with Crippen molar-refractivity contribution in [2.75, 3.05) is 12.9 Å². The number of hydrogen-bond donors (Lipinski definition) is 1. The lowest BCUT2D eigenvalue weighted by molar-refractivity contribution is -0.137. The fourth-order valence-electron chi connectivity index (χ4n) is 2.28. The summed E-state index contributed by atoms with van der Waals surface area (Å²) in [5.41, 5.74) is 1.14. The number of benzene rings is 1. The summed E-state index contributed by atoms with van der Waals surface area (Å²) in [5, 5.41) is 10.5. The third kappa shape index (κ3) is 4.30. The summed E-state index contributed by atoms with van der Waals surface area (Å²) >= 11 is 0.951. The first-order valence-electron chi connectivity index (χ1n) is 8.02. The Morgan fingerprint density at radius 1 is 1.19 bits per heavy atom. The molecule has 0 spiro atoms. The summed E-state index contributed by atoms with van der Waals surface area (Å²) in [7, 11) is 3.91. The molecule has 0 fully saturated rings. The molecular formula is C18H21N3O5S. The Hall–Kier alpha value is -2.81. The SMILES string of the molecule is COC(=O)CSC(=Nc1ccc(C)c(C)c1)c1c(O)n(C)c(=O)n(C)c1=O. The van der Waals surface area contributed by atoms with Crippen LogP contribution in [0.2, 0.25) is 0 Å². The normalized spacial score (nSPS) is 11.5. The highest BCUT2D eigenvalue weighted by Crippen LogP contribution is 2.24. The van der Waals surface area contributed by atoms with Crippen LogP contribution in [0.5, 0.6) is 5.88 Å². The van der Waals surface area contributed by atoms with Gasteiger partial charge >= 0.3 is 11.7 Å². The smallest absolute Gasteiger partial charge is 0.333 e. The number of aliphatic imine (C=N–C) groups is 1. The van der Waals surface area contributed by atoms with Crippen LogP contribution in [0, 0.1) is 13.8 Å². The predicted octanol–water partition coefficient (Wildman–Crippen LogP) is 1.39. The number of methoxy groups -OCH3 is 1. The zero-order chi connectivity index (χ0) is 20.3. The highest BCUT2D eigenvalue weighted by molar-refractivity contribution is 8.15. The van der Waals surface area contributed by atoms with Crippen molar-refractivity contribution in [3.63, 3.8) is 0 Å². The third-order valence-corrected chi connectivity index (χ3v) is 5.07. The molecule has 1 aromatic carbocycles. The minimum absolute atomic E-state index is 0.106. The molecule has 144 valence electrons. The Labute approximate surface area is 160 Å². The summed E-state index contributed by atoms with van der Waals surface area (Å²) in [6.07, 6.45) is 0. The number of rotatable bonds is 4. The average Bonchev–Trinajstić information content (AvgIpc) is 2.65. The zero-order valence-electron chi connectivity index (χ0n) is 15.8. The molecule has 27 heavy (non-hydrogen) atoms. The van der Waals surface area contributed by atoms with Crippen LogP contribution in [0.15, 0.2) is 32.8 Å². The number of carbonyl (C=O) groups is 1. The molecule has 1 aromatic heterocycles. The van der Waals surface area contributed by atoms with Crippen molar-refractivity contribution in [3.8, 4) is 5.88 Å². The second-order valence-electron chi connectivity index (χ2n) is 5.95. The molecule has 1 N–H and O–H groups in total. The Morgan fingerprint density at radius 2 is 1.85 bits per heavy atom. The Bertz CT molecular complexity index is 1040. The topological polar surface area (TPSA) is 103 Å². The second-order valence-corrected chi connectivity index (χ2v) is 6.92. The molecule has 0 saturated heterocycles. The highest BCUT2D eigenvalue weighted by Gasteiger charge is 2.22. The molecule has 9 heteroatoms. The molecule has 2 rings (SSSR count). The van der Waals surface area contributed by atoms with E-state index < -0.39 is 23.1 Å². The van der Waals surface area contributed by atoms with Gasteiger partial charge in [0.1, 0.15) is 10.6 Å². The third-order valence-electron chi connectivity index (χ3n) is 4.12. The molecule has 0 aliphatic heterocycles. The number of ether oxygens (including phenoxy) is 1. The molecule has 0 atom stereocenters. The Balaban J connectivity index is 2.69. The number of carbonyl (C=O) groups excluding carboxylic acids is 1. The lowest BCUT2D eigenvalue weighted by atomic mass is 10.1. The fourth-order valence-corrected chi connectivity index (χ4v) is 3.14. The van der Waals surface area contributed by atoms with Gasteiger partial charge in [0.25, 0.3) is 5.56 Å². The predicted molar refractivity (Wildman–Crippen MR) is 105 cm³/mol. The molecule has 0 radical (unpaired) electrons. The van der Waals surface area contributed by atoms with E-state index in [1.54, 1.807) is 6.07 Å². The van der Waals surface area contributed by atoms with Gasteiger partial charge in [-0.05, 0) is 37.1 Å². The van der Waals surface area contributed by atoms with Crippen LogP contribution >= 0.6 is 11.8 Å². The van der Waals surface area contributed by atoms with E-state index in [4.69, 9.17) is 0 Å². The average molecular weight is 391 g/mol. The van der Waals surface area contributed by atoms with Gasteiger partial charge in [-0.1, -0.05) is 17.8 Å². The van der Waals surface area contributed by atoms with Crippen molar-refractivity contribution in [2.45, 2.75) is 13.8 Å². The van der Waals surface area contributed by atoms with Crippen molar-refractivity contribution >= 4 is 28.5 Å². The number of aromatic hydroxyl groups is 1. The van der Waals surface area contributed by atoms with E-state index in [0.29, 0.717) is 5.69 Å².